The van der Waals surface area contributed by atoms with Gasteiger partial charge in [-0.2, -0.15) is 0 Å². The fourth-order valence-corrected chi connectivity index (χ4v) is 4.52. The summed E-state index contributed by atoms with van der Waals surface area (Å²) in [7, 11) is 1.69. The molecule has 0 spiro atoms. The summed E-state index contributed by atoms with van der Waals surface area (Å²) < 4.78 is 5.27. The van der Waals surface area contributed by atoms with Gasteiger partial charge in [0.2, 0.25) is 5.91 Å². The minimum absolute atomic E-state index is 0.0707. The quantitative estimate of drug-likeness (QED) is 0.755. The van der Waals surface area contributed by atoms with Gasteiger partial charge in [-0.3, -0.25) is 4.79 Å². The van der Waals surface area contributed by atoms with Gasteiger partial charge in [0.15, 0.2) is 5.82 Å². The number of hydrogen-bond donors (Lipinski definition) is 0. The molecule has 6 nitrogen and oxygen atoms in total. The maximum absolute atomic E-state index is 13.0. The van der Waals surface area contributed by atoms with Crippen LogP contribution < -0.4 is 0 Å². The monoisotopic (exact) mass is 402 g/mol. The number of piperidine rings is 1. The second-order valence-electron chi connectivity index (χ2n) is 8.47. The van der Waals surface area contributed by atoms with Crippen LogP contribution in [0.2, 0.25) is 0 Å². The molecule has 28 heavy (non-hydrogen) atoms. The molecule has 3 rings (SSSR count). The number of likely N-dealkylation sites (tertiary alicyclic amines) is 1. The topological polar surface area (TPSA) is 68.2 Å². The number of carbonyl (C=O) groups excluding carboxylic acids is 1. The summed E-state index contributed by atoms with van der Waals surface area (Å²) in [5.74, 6) is 0.893. The summed E-state index contributed by atoms with van der Waals surface area (Å²) in [5, 5.41) is 0.876. The van der Waals surface area contributed by atoms with Crippen molar-refractivity contribution < 1.29 is 9.53 Å². The summed E-state index contributed by atoms with van der Waals surface area (Å²) in [6.45, 7) is 11.2. The van der Waals surface area contributed by atoms with Crippen LogP contribution in [0.1, 0.15) is 68.2 Å². The van der Waals surface area contributed by atoms with E-state index in [2.05, 4.69) is 4.98 Å². The predicted octanol–water partition coefficient (Wildman–Crippen LogP) is 4.46. The molecule has 0 N–H and O–H groups in total. The zero-order valence-electron chi connectivity index (χ0n) is 17.7. The van der Waals surface area contributed by atoms with Gasteiger partial charge in [0, 0.05) is 24.8 Å². The Morgan fingerprint density at radius 3 is 2.68 bits per heavy atom. The molecule has 0 radical (unpaired) electrons. The molecule has 152 valence electrons. The molecule has 1 amide bonds. The van der Waals surface area contributed by atoms with Crippen molar-refractivity contribution in [3.8, 4) is 10.7 Å². The number of hydrogen-bond acceptors (Lipinski definition) is 6. The predicted molar refractivity (Wildman–Crippen MR) is 111 cm³/mol. The Labute approximate surface area is 171 Å². The highest BCUT2D eigenvalue weighted by Gasteiger charge is 2.35. The molecule has 1 aliphatic rings. The van der Waals surface area contributed by atoms with Gasteiger partial charge in [0.05, 0.1) is 23.2 Å². The van der Waals surface area contributed by atoms with Gasteiger partial charge in [-0.1, -0.05) is 20.8 Å². The van der Waals surface area contributed by atoms with Gasteiger partial charge in [0.25, 0.3) is 0 Å². The molecule has 1 fully saturated rings. The van der Waals surface area contributed by atoms with Crippen LogP contribution in [0.5, 0.6) is 0 Å². The molecule has 0 unspecified atom stereocenters. The van der Waals surface area contributed by atoms with Crippen molar-refractivity contribution in [1.82, 2.24) is 19.9 Å². The van der Waals surface area contributed by atoms with E-state index in [0.29, 0.717) is 6.61 Å². The van der Waals surface area contributed by atoms with Gasteiger partial charge >= 0.3 is 0 Å². The lowest BCUT2D eigenvalue weighted by Gasteiger charge is -2.38. The number of nitrogens with zero attached hydrogens (tertiary/aromatic N) is 4. The van der Waals surface area contributed by atoms with Crippen molar-refractivity contribution in [2.45, 2.75) is 66.5 Å². The number of thiazole rings is 1. The SMILES string of the molecule is COCc1sc(-c2cc(C)nc([C@@H]3CCCCN3C(=O)C(C)(C)C)n2)nc1C. The zero-order valence-corrected chi connectivity index (χ0v) is 18.5. The first-order valence-electron chi connectivity index (χ1n) is 9.83. The van der Waals surface area contributed by atoms with E-state index in [1.54, 1.807) is 18.4 Å². The number of aryl methyl sites for hydroxylation is 2. The number of rotatable bonds is 4. The van der Waals surface area contributed by atoms with E-state index >= 15 is 0 Å². The van der Waals surface area contributed by atoms with E-state index in [4.69, 9.17) is 14.7 Å². The second-order valence-corrected chi connectivity index (χ2v) is 9.56. The first-order valence-corrected chi connectivity index (χ1v) is 10.6. The molecular formula is C21H30N4O2S. The summed E-state index contributed by atoms with van der Waals surface area (Å²) in [5.41, 5.74) is 2.28. The Hall–Kier alpha value is -1.86. The molecule has 0 saturated carbocycles. The van der Waals surface area contributed by atoms with E-state index in [9.17, 15) is 4.79 Å². The van der Waals surface area contributed by atoms with Crippen molar-refractivity contribution in [1.29, 1.82) is 0 Å². The van der Waals surface area contributed by atoms with Crippen molar-refractivity contribution in [3.05, 3.63) is 28.2 Å². The molecule has 3 heterocycles. The molecule has 0 aliphatic carbocycles. The second kappa shape index (κ2) is 8.25. The lowest BCUT2D eigenvalue weighted by Crippen LogP contribution is -2.44. The minimum atomic E-state index is -0.413. The lowest BCUT2D eigenvalue weighted by atomic mass is 9.91. The van der Waals surface area contributed by atoms with Crippen molar-refractivity contribution in [3.63, 3.8) is 0 Å². The normalized spacial score (nSPS) is 17.8. The summed E-state index contributed by atoms with van der Waals surface area (Å²) in [6.07, 6.45) is 3.01. The van der Waals surface area contributed by atoms with Gasteiger partial charge in [-0.25, -0.2) is 15.0 Å². The van der Waals surface area contributed by atoms with Crippen molar-refractivity contribution in [2.75, 3.05) is 13.7 Å². The molecule has 1 aliphatic heterocycles. The summed E-state index contributed by atoms with van der Waals surface area (Å²) in [6, 6.07) is 1.90. The third-order valence-electron chi connectivity index (χ3n) is 4.96. The van der Waals surface area contributed by atoms with E-state index in [-0.39, 0.29) is 11.9 Å². The van der Waals surface area contributed by atoms with Crippen LogP contribution in [-0.4, -0.2) is 39.4 Å². The summed E-state index contributed by atoms with van der Waals surface area (Å²) in [4.78, 5) is 30.4. The smallest absolute Gasteiger partial charge is 0.228 e. The molecule has 0 bridgehead atoms. The Balaban J connectivity index is 1.98. The molecule has 7 heteroatoms. The van der Waals surface area contributed by atoms with Crippen LogP contribution in [0.3, 0.4) is 0 Å². The van der Waals surface area contributed by atoms with Gasteiger partial charge in [0.1, 0.15) is 10.7 Å². The maximum atomic E-state index is 13.0. The Morgan fingerprint density at radius 2 is 2.00 bits per heavy atom. The third kappa shape index (κ3) is 4.41. The van der Waals surface area contributed by atoms with Crippen LogP contribution in [0.15, 0.2) is 6.07 Å². The highest BCUT2D eigenvalue weighted by atomic mass is 32.1. The summed E-state index contributed by atoms with van der Waals surface area (Å²) >= 11 is 1.61. The maximum Gasteiger partial charge on any atom is 0.228 e. The molecule has 0 aromatic carbocycles. The molecular weight excluding hydrogens is 372 g/mol. The average molecular weight is 403 g/mol. The molecule has 1 saturated heterocycles. The average Bonchev–Trinajstić information content (AvgIpc) is 3.01. The standard InChI is InChI=1S/C21H30N4O2S/c1-13-11-15(19-23-14(2)17(28-19)12-27-6)24-18(22-13)16-9-7-8-10-25(16)20(26)21(3,4)5/h11,16H,7-10,12H2,1-6H3/t16-/m0/s1. The van der Waals surface area contributed by atoms with E-state index in [1.165, 1.54) is 0 Å². The van der Waals surface area contributed by atoms with E-state index in [1.807, 2.05) is 45.6 Å². The van der Waals surface area contributed by atoms with Gasteiger partial charge < -0.3 is 9.64 Å². The number of ether oxygens (including phenoxy) is 1. The van der Waals surface area contributed by atoms with Crippen LogP contribution in [-0.2, 0) is 16.1 Å². The first-order chi connectivity index (χ1) is 13.2. The third-order valence-corrected chi connectivity index (χ3v) is 6.12. The number of methoxy groups -OCH3 is 1. The number of carbonyl (C=O) groups is 1. The van der Waals surface area contributed by atoms with Crippen molar-refractivity contribution >= 4 is 17.2 Å². The Bertz CT molecular complexity index is 857. The first kappa shape index (κ1) is 20.9. The minimum Gasteiger partial charge on any atom is -0.379 e. The zero-order chi connectivity index (χ0) is 20.5. The van der Waals surface area contributed by atoms with Crippen LogP contribution in [0.25, 0.3) is 10.7 Å². The largest absolute Gasteiger partial charge is 0.379 e. The fourth-order valence-electron chi connectivity index (χ4n) is 3.53. The van der Waals surface area contributed by atoms with E-state index < -0.39 is 5.41 Å². The van der Waals surface area contributed by atoms with Crippen LogP contribution >= 0.6 is 11.3 Å². The van der Waals surface area contributed by atoms with E-state index in [0.717, 1.165) is 58.6 Å². The number of aromatic nitrogens is 3. The van der Waals surface area contributed by atoms with Crippen molar-refractivity contribution in [2.24, 2.45) is 5.41 Å². The van der Waals surface area contributed by atoms with Crippen LogP contribution in [0.4, 0.5) is 0 Å². The highest BCUT2D eigenvalue weighted by Crippen LogP contribution is 2.34. The molecule has 2 aromatic heterocycles. The molecule has 2 aromatic rings. The Morgan fingerprint density at radius 1 is 1.25 bits per heavy atom. The number of amides is 1. The lowest BCUT2D eigenvalue weighted by molar-refractivity contribution is -0.143. The van der Waals surface area contributed by atoms with Crippen LogP contribution in [0, 0.1) is 19.3 Å². The highest BCUT2D eigenvalue weighted by molar-refractivity contribution is 7.15. The fraction of sp³-hybridized carbons (Fsp3) is 0.619. The Kier molecular flexibility index (Phi) is 6.15. The van der Waals surface area contributed by atoms with Gasteiger partial charge in [-0.05, 0) is 39.2 Å². The molecule has 1 atom stereocenters. The van der Waals surface area contributed by atoms with Gasteiger partial charge in [-0.15, -0.1) is 11.3 Å².